The predicted octanol–water partition coefficient (Wildman–Crippen LogP) is 2.44. The first-order chi connectivity index (χ1) is 11.1. The minimum Gasteiger partial charge on any atom is -0.343 e. The third kappa shape index (κ3) is 3.60. The molecular weight excluding hydrogens is 290 g/mol. The van der Waals surface area contributed by atoms with Gasteiger partial charge >= 0.3 is 0 Å². The Morgan fingerprint density at radius 1 is 1.26 bits per heavy atom. The van der Waals surface area contributed by atoms with Crippen molar-refractivity contribution in [1.29, 1.82) is 0 Å². The van der Waals surface area contributed by atoms with E-state index in [1.807, 2.05) is 23.1 Å². The summed E-state index contributed by atoms with van der Waals surface area (Å²) in [6, 6.07) is 7.41. The van der Waals surface area contributed by atoms with E-state index in [-0.39, 0.29) is 11.3 Å². The summed E-state index contributed by atoms with van der Waals surface area (Å²) < 4.78 is 1.76. The van der Waals surface area contributed by atoms with Gasteiger partial charge in [0.25, 0.3) is 0 Å². The zero-order valence-electron chi connectivity index (χ0n) is 13.6. The van der Waals surface area contributed by atoms with Crippen molar-refractivity contribution in [3.63, 3.8) is 0 Å². The summed E-state index contributed by atoms with van der Waals surface area (Å²) >= 11 is 0. The molecule has 5 heteroatoms. The molecule has 0 saturated carbocycles. The quantitative estimate of drug-likeness (QED) is 0.874. The van der Waals surface area contributed by atoms with E-state index in [1.54, 1.807) is 10.7 Å². The zero-order valence-corrected chi connectivity index (χ0v) is 13.6. The fourth-order valence-electron chi connectivity index (χ4n) is 3.21. The van der Waals surface area contributed by atoms with Crippen molar-refractivity contribution in [2.45, 2.75) is 39.2 Å². The van der Waals surface area contributed by atoms with Crippen LogP contribution in [0.2, 0.25) is 0 Å². The molecule has 3 rings (SSSR count). The minimum absolute atomic E-state index is 0.0790. The summed E-state index contributed by atoms with van der Waals surface area (Å²) in [5.74, 6) is 0.890. The Morgan fingerprint density at radius 3 is 2.96 bits per heavy atom. The molecule has 122 valence electrons. The number of nitrogens with zero attached hydrogens (tertiary/aromatic N) is 3. The summed E-state index contributed by atoms with van der Waals surface area (Å²) in [7, 11) is 0. The molecule has 0 unspecified atom stereocenters. The van der Waals surface area contributed by atoms with Gasteiger partial charge in [-0.1, -0.05) is 19.1 Å². The second-order valence-electron chi connectivity index (χ2n) is 6.42. The standard InChI is InChI=1S/C18H23N3O2/c1-14-5-4-10-20(11-8-14)18(23)9-12-21-16-7-3-2-6-15(16)17(22)13-19-21/h2-3,6-7,13-14H,4-5,8-12H2,1H3/t14-/m0/s1. The molecule has 1 atom stereocenters. The number of hydrogen-bond donors (Lipinski definition) is 0. The van der Waals surface area contributed by atoms with Crippen LogP contribution in [0.4, 0.5) is 0 Å². The maximum absolute atomic E-state index is 12.5. The monoisotopic (exact) mass is 313 g/mol. The molecule has 1 aliphatic heterocycles. The van der Waals surface area contributed by atoms with E-state index in [9.17, 15) is 9.59 Å². The highest BCUT2D eigenvalue weighted by molar-refractivity contribution is 5.79. The topological polar surface area (TPSA) is 55.2 Å². The number of hydrogen-bond acceptors (Lipinski definition) is 3. The highest BCUT2D eigenvalue weighted by Crippen LogP contribution is 2.17. The Labute approximate surface area is 135 Å². The minimum atomic E-state index is -0.0790. The van der Waals surface area contributed by atoms with E-state index in [0.717, 1.165) is 31.4 Å². The lowest BCUT2D eigenvalue weighted by atomic mass is 10.0. The normalized spacial score (nSPS) is 18.8. The number of aryl methyl sites for hydroxylation is 1. The Balaban J connectivity index is 1.70. The molecular formula is C18H23N3O2. The molecule has 1 aromatic heterocycles. The largest absolute Gasteiger partial charge is 0.343 e. The number of carbonyl (C=O) groups is 1. The SMILES string of the molecule is C[C@H]1CCCN(C(=O)CCn2ncc(=O)c3ccccc32)CC1. The van der Waals surface area contributed by atoms with Gasteiger partial charge in [-0.15, -0.1) is 0 Å². The lowest BCUT2D eigenvalue weighted by Gasteiger charge is -2.20. The van der Waals surface area contributed by atoms with Crippen LogP contribution in [0.15, 0.2) is 35.3 Å². The number of likely N-dealkylation sites (tertiary alicyclic amines) is 1. The zero-order chi connectivity index (χ0) is 16.2. The number of para-hydroxylation sites is 1. The first-order valence-corrected chi connectivity index (χ1v) is 8.38. The Hall–Kier alpha value is -2.17. The maximum Gasteiger partial charge on any atom is 0.224 e. The van der Waals surface area contributed by atoms with Gasteiger partial charge in [0.2, 0.25) is 11.3 Å². The molecule has 5 nitrogen and oxygen atoms in total. The molecule has 0 aliphatic carbocycles. The Morgan fingerprint density at radius 2 is 2.09 bits per heavy atom. The van der Waals surface area contributed by atoms with Crippen molar-refractivity contribution in [3.05, 3.63) is 40.7 Å². The van der Waals surface area contributed by atoms with Gasteiger partial charge in [0.1, 0.15) is 0 Å². The number of carbonyl (C=O) groups excluding carboxylic acids is 1. The first kappa shape index (κ1) is 15.7. The van der Waals surface area contributed by atoms with Crippen LogP contribution < -0.4 is 5.43 Å². The number of amides is 1. The predicted molar refractivity (Wildman–Crippen MR) is 90.2 cm³/mol. The summed E-state index contributed by atoms with van der Waals surface area (Å²) in [6.07, 6.45) is 5.14. The smallest absolute Gasteiger partial charge is 0.224 e. The second kappa shape index (κ2) is 6.94. The molecule has 2 heterocycles. The molecule has 1 fully saturated rings. The molecule has 0 spiro atoms. The fraction of sp³-hybridized carbons (Fsp3) is 0.500. The van der Waals surface area contributed by atoms with Crippen LogP contribution in [0.3, 0.4) is 0 Å². The van der Waals surface area contributed by atoms with E-state index in [1.165, 1.54) is 12.6 Å². The number of fused-ring (bicyclic) bond motifs is 1. The third-order valence-corrected chi connectivity index (χ3v) is 4.67. The van der Waals surface area contributed by atoms with Crippen LogP contribution in [0.5, 0.6) is 0 Å². The molecule has 1 saturated heterocycles. The van der Waals surface area contributed by atoms with Crippen molar-refractivity contribution in [3.8, 4) is 0 Å². The van der Waals surface area contributed by atoms with Gasteiger partial charge in [0, 0.05) is 24.9 Å². The van der Waals surface area contributed by atoms with Gasteiger partial charge in [0.05, 0.1) is 18.3 Å². The van der Waals surface area contributed by atoms with E-state index in [4.69, 9.17) is 0 Å². The fourth-order valence-corrected chi connectivity index (χ4v) is 3.21. The van der Waals surface area contributed by atoms with Gasteiger partial charge in [-0.2, -0.15) is 5.10 Å². The highest BCUT2D eigenvalue weighted by Gasteiger charge is 2.18. The Kier molecular flexibility index (Phi) is 4.74. The molecule has 23 heavy (non-hydrogen) atoms. The summed E-state index contributed by atoms with van der Waals surface area (Å²) in [5.41, 5.74) is 0.710. The van der Waals surface area contributed by atoms with Gasteiger partial charge in [-0.3, -0.25) is 14.3 Å². The average molecular weight is 313 g/mol. The van der Waals surface area contributed by atoms with Crippen LogP contribution in [-0.4, -0.2) is 33.7 Å². The molecule has 0 radical (unpaired) electrons. The van der Waals surface area contributed by atoms with E-state index < -0.39 is 0 Å². The van der Waals surface area contributed by atoms with E-state index in [0.29, 0.717) is 24.3 Å². The molecule has 0 bridgehead atoms. The first-order valence-electron chi connectivity index (χ1n) is 8.38. The van der Waals surface area contributed by atoms with Crippen LogP contribution >= 0.6 is 0 Å². The Bertz CT molecular complexity index is 753. The molecule has 0 N–H and O–H groups in total. The van der Waals surface area contributed by atoms with Gasteiger partial charge in [0.15, 0.2) is 0 Å². The van der Waals surface area contributed by atoms with Crippen molar-refractivity contribution in [2.75, 3.05) is 13.1 Å². The third-order valence-electron chi connectivity index (χ3n) is 4.67. The number of benzene rings is 1. The number of aromatic nitrogens is 2. The van der Waals surface area contributed by atoms with Crippen LogP contribution in [0, 0.1) is 5.92 Å². The van der Waals surface area contributed by atoms with Crippen molar-refractivity contribution >= 4 is 16.8 Å². The van der Waals surface area contributed by atoms with Gasteiger partial charge < -0.3 is 4.90 Å². The molecule has 2 aromatic rings. The summed E-state index contributed by atoms with van der Waals surface area (Å²) in [6.45, 7) is 4.48. The maximum atomic E-state index is 12.5. The lowest BCUT2D eigenvalue weighted by Crippen LogP contribution is -2.32. The highest BCUT2D eigenvalue weighted by atomic mass is 16.2. The summed E-state index contributed by atoms with van der Waals surface area (Å²) in [5, 5.41) is 4.84. The summed E-state index contributed by atoms with van der Waals surface area (Å²) in [4.78, 5) is 26.3. The average Bonchev–Trinajstić information content (AvgIpc) is 2.79. The molecule has 1 aromatic carbocycles. The number of rotatable bonds is 3. The lowest BCUT2D eigenvalue weighted by molar-refractivity contribution is -0.131. The van der Waals surface area contributed by atoms with Crippen LogP contribution in [0.25, 0.3) is 10.9 Å². The van der Waals surface area contributed by atoms with Crippen molar-refractivity contribution < 1.29 is 4.79 Å². The molecule has 1 aliphatic rings. The van der Waals surface area contributed by atoms with E-state index in [2.05, 4.69) is 12.0 Å². The van der Waals surface area contributed by atoms with Crippen molar-refractivity contribution in [1.82, 2.24) is 14.7 Å². The van der Waals surface area contributed by atoms with Crippen molar-refractivity contribution in [2.24, 2.45) is 5.92 Å². The van der Waals surface area contributed by atoms with E-state index >= 15 is 0 Å². The van der Waals surface area contributed by atoms with Crippen LogP contribution in [0.1, 0.15) is 32.6 Å². The van der Waals surface area contributed by atoms with Crippen LogP contribution in [-0.2, 0) is 11.3 Å². The van der Waals surface area contributed by atoms with Gasteiger partial charge in [-0.05, 0) is 37.3 Å². The second-order valence-corrected chi connectivity index (χ2v) is 6.42. The molecule has 1 amide bonds. The van der Waals surface area contributed by atoms with Gasteiger partial charge in [-0.25, -0.2) is 0 Å².